The van der Waals surface area contributed by atoms with Crippen molar-refractivity contribution in [3.05, 3.63) is 82.7 Å². The van der Waals surface area contributed by atoms with Gasteiger partial charge in [-0.05, 0) is 49.2 Å². The minimum Gasteiger partial charge on any atom is -0.497 e. The Kier molecular flexibility index (Phi) is 6.91. The third-order valence-electron chi connectivity index (χ3n) is 4.75. The normalized spacial score (nSPS) is 10.9. The van der Waals surface area contributed by atoms with Gasteiger partial charge in [-0.2, -0.15) is 5.10 Å². The highest BCUT2D eigenvalue weighted by molar-refractivity contribution is 5.92. The second-order valence-electron chi connectivity index (χ2n) is 7.06. The Balaban J connectivity index is 1.60. The number of carbonyl (C=O) groups excluding carboxylic acids is 1. The zero-order valence-electron chi connectivity index (χ0n) is 17.8. The van der Waals surface area contributed by atoms with Crippen LogP contribution in [0, 0.1) is 13.8 Å². The smallest absolute Gasteiger partial charge is 0.244 e. The molecule has 0 radical (unpaired) electrons. The fraction of sp³-hybridized carbons (Fsp3) is 0.250. The molecule has 0 saturated carbocycles. The first kappa shape index (κ1) is 21.2. The van der Waals surface area contributed by atoms with E-state index in [4.69, 9.17) is 9.47 Å². The lowest BCUT2D eigenvalue weighted by Gasteiger charge is -2.08. The molecule has 1 aromatic heterocycles. The topological polar surface area (TPSA) is 65.4 Å². The Labute approximate surface area is 177 Å². The van der Waals surface area contributed by atoms with Gasteiger partial charge in [0.15, 0.2) is 0 Å². The van der Waals surface area contributed by atoms with Crippen molar-refractivity contribution in [1.29, 1.82) is 0 Å². The first-order valence-electron chi connectivity index (χ1n) is 9.75. The maximum atomic E-state index is 12.3. The summed E-state index contributed by atoms with van der Waals surface area (Å²) < 4.78 is 12.5. The molecule has 30 heavy (non-hydrogen) atoms. The number of hydrogen-bond acceptors (Lipinski definition) is 4. The van der Waals surface area contributed by atoms with Gasteiger partial charge in [0.25, 0.3) is 0 Å². The lowest BCUT2D eigenvalue weighted by molar-refractivity contribution is -0.116. The highest BCUT2D eigenvalue weighted by Gasteiger charge is 2.05. The molecule has 0 spiro atoms. The Morgan fingerprint density at radius 3 is 2.57 bits per heavy atom. The van der Waals surface area contributed by atoms with Gasteiger partial charge in [-0.25, -0.2) is 0 Å². The number of aromatic nitrogens is 2. The molecule has 1 heterocycles. The van der Waals surface area contributed by atoms with Crippen molar-refractivity contribution >= 4 is 12.0 Å². The summed E-state index contributed by atoms with van der Waals surface area (Å²) in [5.41, 5.74) is 5.13. The average molecular weight is 405 g/mol. The molecule has 0 atom stereocenters. The van der Waals surface area contributed by atoms with Gasteiger partial charge in [-0.15, -0.1) is 0 Å². The standard InChI is InChI=1S/C24H27N3O3/c1-17-12-18(2)27(26-17)16-20-7-5-6-19(13-20)15-25-24(28)11-9-21-8-10-22(29-3)14-23(21)30-4/h5-14H,15-16H2,1-4H3,(H,25,28)/b11-9+. The van der Waals surface area contributed by atoms with Gasteiger partial charge >= 0.3 is 0 Å². The van der Waals surface area contributed by atoms with E-state index in [1.54, 1.807) is 26.4 Å². The first-order chi connectivity index (χ1) is 14.5. The van der Waals surface area contributed by atoms with Gasteiger partial charge in [0.05, 0.1) is 26.5 Å². The van der Waals surface area contributed by atoms with Crippen LogP contribution in [0.5, 0.6) is 11.5 Å². The molecular weight excluding hydrogens is 378 g/mol. The lowest BCUT2D eigenvalue weighted by atomic mass is 10.1. The molecule has 3 aromatic rings. The molecule has 3 rings (SSSR count). The van der Waals surface area contributed by atoms with Crippen molar-refractivity contribution in [3.63, 3.8) is 0 Å². The molecule has 0 fully saturated rings. The van der Waals surface area contributed by atoms with Crippen LogP contribution in [0.25, 0.3) is 6.08 Å². The highest BCUT2D eigenvalue weighted by atomic mass is 16.5. The molecule has 0 aliphatic heterocycles. The van der Waals surface area contributed by atoms with E-state index in [9.17, 15) is 4.79 Å². The number of nitrogens with one attached hydrogen (secondary N) is 1. The number of methoxy groups -OCH3 is 2. The molecule has 0 bridgehead atoms. The summed E-state index contributed by atoms with van der Waals surface area (Å²) in [6.07, 6.45) is 3.23. The third kappa shape index (κ3) is 5.50. The van der Waals surface area contributed by atoms with Crippen molar-refractivity contribution in [2.24, 2.45) is 0 Å². The van der Waals surface area contributed by atoms with Gasteiger partial charge < -0.3 is 14.8 Å². The summed E-state index contributed by atoms with van der Waals surface area (Å²) in [6, 6.07) is 15.7. The van der Waals surface area contributed by atoms with Crippen LogP contribution in [0.3, 0.4) is 0 Å². The molecule has 0 aliphatic carbocycles. The van der Waals surface area contributed by atoms with Gasteiger partial charge in [0.2, 0.25) is 5.91 Å². The molecule has 2 aromatic carbocycles. The Bertz CT molecular complexity index is 1050. The Hall–Kier alpha value is -3.54. The maximum Gasteiger partial charge on any atom is 0.244 e. The number of benzene rings is 2. The van der Waals surface area contributed by atoms with E-state index in [0.717, 1.165) is 28.1 Å². The van der Waals surface area contributed by atoms with Crippen LogP contribution in [0.1, 0.15) is 28.1 Å². The lowest BCUT2D eigenvalue weighted by Crippen LogP contribution is -2.20. The summed E-state index contributed by atoms with van der Waals surface area (Å²) in [4.78, 5) is 12.3. The van der Waals surface area contributed by atoms with Crippen LogP contribution in [0.4, 0.5) is 0 Å². The largest absolute Gasteiger partial charge is 0.497 e. The molecule has 1 amide bonds. The van der Waals surface area contributed by atoms with Crippen molar-refractivity contribution in [3.8, 4) is 11.5 Å². The highest BCUT2D eigenvalue weighted by Crippen LogP contribution is 2.25. The number of ether oxygens (including phenoxy) is 2. The van der Waals surface area contributed by atoms with Crippen molar-refractivity contribution in [2.45, 2.75) is 26.9 Å². The van der Waals surface area contributed by atoms with Gasteiger partial charge in [-0.1, -0.05) is 24.3 Å². The van der Waals surface area contributed by atoms with Crippen LogP contribution in [-0.2, 0) is 17.9 Å². The van der Waals surface area contributed by atoms with Crippen molar-refractivity contribution in [2.75, 3.05) is 14.2 Å². The van der Waals surface area contributed by atoms with Gasteiger partial charge in [-0.3, -0.25) is 9.48 Å². The summed E-state index contributed by atoms with van der Waals surface area (Å²) in [6.45, 7) is 5.20. The number of nitrogens with zero attached hydrogens (tertiary/aromatic N) is 2. The zero-order chi connectivity index (χ0) is 21.5. The van der Waals surface area contributed by atoms with Crippen LogP contribution in [0.15, 0.2) is 54.6 Å². The molecule has 6 nitrogen and oxygen atoms in total. The SMILES string of the molecule is COc1ccc(/C=C/C(=O)NCc2cccc(Cn3nc(C)cc3C)c2)c(OC)c1. The predicted octanol–water partition coefficient (Wildman–Crippen LogP) is 3.90. The monoisotopic (exact) mass is 405 g/mol. The molecular formula is C24H27N3O3. The number of hydrogen-bond donors (Lipinski definition) is 1. The second-order valence-corrected chi connectivity index (χ2v) is 7.06. The summed E-state index contributed by atoms with van der Waals surface area (Å²) in [5, 5.41) is 7.43. The van der Waals surface area contributed by atoms with Crippen molar-refractivity contribution < 1.29 is 14.3 Å². The van der Waals surface area contributed by atoms with Crippen LogP contribution >= 0.6 is 0 Å². The minimum absolute atomic E-state index is 0.170. The molecule has 6 heteroatoms. The number of aryl methyl sites for hydroxylation is 2. The fourth-order valence-electron chi connectivity index (χ4n) is 3.22. The molecule has 1 N–H and O–H groups in total. The van der Waals surface area contributed by atoms with Crippen LogP contribution in [-0.4, -0.2) is 29.9 Å². The average Bonchev–Trinajstić information content (AvgIpc) is 3.07. The molecule has 156 valence electrons. The zero-order valence-corrected chi connectivity index (χ0v) is 17.8. The summed E-state index contributed by atoms with van der Waals surface area (Å²) in [7, 11) is 3.19. The quantitative estimate of drug-likeness (QED) is 0.578. The van der Waals surface area contributed by atoms with Crippen LogP contribution < -0.4 is 14.8 Å². The number of carbonyl (C=O) groups is 1. The van der Waals surface area contributed by atoms with E-state index in [1.807, 2.05) is 42.8 Å². The minimum atomic E-state index is -0.170. The summed E-state index contributed by atoms with van der Waals surface area (Å²) >= 11 is 0. The molecule has 0 aliphatic rings. The molecule has 0 unspecified atom stereocenters. The maximum absolute atomic E-state index is 12.3. The Morgan fingerprint density at radius 2 is 1.87 bits per heavy atom. The van der Waals surface area contributed by atoms with E-state index in [1.165, 1.54) is 6.08 Å². The first-order valence-corrected chi connectivity index (χ1v) is 9.75. The Morgan fingerprint density at radius 1 is 1.07 bits per heavy atom. The van der Waals surface area contributed by atoms with E-state index in [2.05, 4.69) is 28.6 Å². The third-order valence-corrected chi connectivity index (χ3v) is 4.75. The van der Waals surface area contributed by atoms with Crippen LogP contribution in [0.2, 0.25) is 0 Å². The van der Waals surface area contributed by atoms with E-state index >= 15 is 0 Å². The van der Waals surface area contributed by atoms with Gasteiger partial charge in [0, 0.05) is 29.9 Å². The van der Waals surface area contributed by atoms with Crippen molar-refractivity contribution in [1.82, 2.24) is 15.1 Å². The predicted molar refractivity (Wildman–Crippen MR) is 118 cm³/mol. The number of rotatable bonds is 8. The second kappa shape index (κ2) is 9.78. The number of amides is 1. The fourth-order valence-corrected chi connectivity index (χ4v) is 3.22. The van der Waals surface area contributed by atoms with Gasteiger partial charge in [0.1, 0.15) is 11.5 Å². The van der Waals surface area contributed by atoms with E-state index in [-0.39, 0.29) is 5.91 Å². The van der Waals surface area contributed by atoms with E-state index < -0.39 is 0 Å². The molecule has 0 saturated heterocycles. The van der Waals surface area contributed by atoms with E-state index in [0.29, 0.717) is 24.6 Å². The summed E-state index contributed by atoms with van der Waals surface area (Å²) in [5.74, 6) is 1.18.